The molecule has 0 saturated carbocycles. The minimum Gasteiger partial charge on any atom is -0.481 e. The van der Waals surface area contributed by atoms with E-state index in [1.54, 1.807) is 11.9 Å². The van der Waals surface area contributed by atoms with Crippen LogP contribution in [-0.4, -0.2) is 49.9 Å². The van der Waals surface area contributed by atoms with E-state index in [4.69, 9.17) is 5.11 Å². The largest absolute Gasteiger partial charge is 0.481 e. The minimum absolute atomic E-state index is 0.163. The van der Waals surface area contributed by atoms with Crippen molar-refractivity contribution in [1.29, 1.82) is 0 Å². The maximum absolute atomic E-state index is 12.0. The molecule has 0 unspecified atom stereocenters. The molecule has 19 heavy (non-hydrogen) atoms. The van der Waals surface area contributed by atoms with Gasteiger partial charge in [0.2, 0.25) is 5.95 Å². The Balaban J connectivity index is 1.83. The summed E-state index contributed by atoms with van der Waals surface area (Å²) in [7, 11) is 1.70. The van der Waals surface area contributed by atoms with E-state index in [2.05, 4.69) is 15.4 Å². The molecule has 0 spiro atoms. The maximum atomic E-state index is 12.0. The lowest BCUT2D eigenvalue weighted by Gasteiger charge is -2.31. The van der Waals surface area contributed by atoms with E-state index in [-0.39, 0.29) is 18.4 Å². The highest BCUT2D eigenvalue weighted by Crippen LogP contribution is 2.20. The standard InChI is InChI=1S/C11H17N5O3/c1-15-10(12-7-13-15)14-11(19)16-4-2-8(3-5-16)6-9(17)18/h7-8H,2-6H2,1H3,(H,17,18)(H,12,13,14,19). The lowest BCUT2D eigenvalue weighted by molar-refractivity contribution is -0.138. The van der Waals surface area contributed by atoms with Crippen LogP contribution in [0, 0.1) is 5.92 Å². The Morgan fingerprint density at radius 1 is 1.47 bits per heavy atom. The van der Waals surface area contributed by atoms with Gasteiger partial charge < -0.3 is 10.0 Å². The molecule has 2 rings (SSSR count). The molecule has 0 aromatic carbocycles. The molecule has 0 atom stereocenters. The number of urea groups is 1. The molecular weight excluding hydrogens is 250 g/mol. The molecule has 1 aromatic rings. The first kappa shape index (κ1) is 13.3. The van der Waals surface area contributed by atoms with Gasteiger partial charge >= 0.3 is 12.0 Å². The zero-order chi connectivity index (χ0) is 13.8. The van der Waals surface area contributed by atoms with Crippen LogP contribution < -0.4 is 5.32 Å². The fourth-order valence-corrected chi connectivity index (χ4v) is 2.17. The van der Waals surface area contributed by atoms with Crippen molar-refractivity contribution < 1.29 is 14.7 Å². The van der Waals surface area contributed by atoms with Crippen molar-refractivity contribution in [1.82, 2.24) is 19.7 Å². The Morgan fingerprint density at radius 3 is 2.68 bits per heavy atom. The zero-order valence-electron chi connectivity index (χ0n) is 10.7. The highest BCUT2D eigenvalue weighted by atomic mass is 16.4. The number of aromatic nitrogens is 3. The fraction of sp³-hybridized carbons (Fsp3) is 0.636. The molecule has 1 aliphatic heterocycles. The topological polar surface area (TPSA) is 100 Å². The summed E-state index contributed by atoms with van der Waals surface area (Å²) in [4.78, 5) is 28.2. The number of likely N-dealkylation sites (tertiary alicyclic amines) is 1. The first-order valence-electron chi connectivity index (χ1n) is 6.18. The molecular formula is C11H17N5O3. The number of aliphatic carboxylic acids is 1. The number of carbonyl (C=O) groups is 2. The number of piperidine rings is 1. The Kier molecular flexibility index (Phi) is 3.98. The van der Waals surface area contributed by atoms with Gasteiger partial charge in [-0.15, -0.1) is 0 Å². The van der Waals surface area contributed by atoms with Crippen molar-refractivity contribution in [2.45, 2.75) is 19.3 Å². The molecule has 0 bridgehead atoms. The second kappa shape index (κ2) is 5.68. The number of carboxylic acids is 1. The van der Waals surface area contributed by atoms with Gasteiger partial charge in [0, 0.05) is 26.6 Å². The second-order valence-electron chi connectivity index (χ2n) is 4.67. The average molecular weight is 267 g/mol. The SMILES string of the molecule is Cn1ncnc1NC(=O)N1CCC(CC(=O)O)CC1. The van der Waals surface area contributed by atoms with Crippen LogP contribution in [0.3, 0.4) is 0 Å². The van der Waals surface area contributed by atoms with E-state index in [0.717, 1.165) is 12.8 Å². The van der Waals surface area contributed by atoms with Crippen molar-refractivity contribution >= 4 is 17.9 Å². The van der Waals surface area contributed by atoms with E-state index in [0.29, 0.717) is 19.0 Å². The summed E-state index contributed by atoms with van der Waals surface area (Å²) in [5.74, 6) is -0.212. The van der Waals surface area contributed by atoms with Crippen LogP contribution in [0.4, 0.5) is 10.7 Å². The number of hydrogen-bond acceptors (Lipinski definition) is 4. The number of aryl methyl sites for hydroxylation is 1. The van der Waals surface area contributed by atoms with Gasteiger partial charge in [0.25, 0.3) is 0 Å². The quantitative estimate of drug-likeness (QED) is 0.832. The van der Waals surface area contributed by atoms with Gasteiger partial charge in [-0.05, 0) is 18.8 Å². The van der Waals surface area contributed by atoms with Crippen molar-refractivity contribution in [2.75, 3.05) is 18.4 Å². The Bertz CT molecular complexity index is 465. The number of nitrogens with one attached hydrogen (secondary N) is 1. The van der Waals surface area contributed by atoms with Gasteiger partial charge in [-0.25, -0.2) is 9.48 Å². The normalized spacial score (nSPS) is 16.4. The Morgan fingerprint density at radius 2 is 2.16 bits per heavy atom. The van der Waals surface area contributed by atoms with Crippen molar-refractivity contribution in [2.24, 2.45) is 13.0 Å². The molecule has 1 saturated heterocycles. The monoisotopic (exact) mass is 267 g/mol. The van der Waals surface area contributed by atoms with Gasteiger partial charge in [-0.2, -0.15) is 10.1 Å². The summed E-state index contributed by atoms with van der Waals surface area (Å²) in [6.45, 7) is 1.14. The summed E-state index contributed by atoms with van der Waals surface area (Å²) >= 11 is 0. The third-order valence-electron chi connectivity index (χ3n) is 3.30. The summed E-state index contributed by atoms with van der Waals surface area (Å²) in [6.07, 6.45) is 2.99. The highest BCUT2D eigenvalue weighted by Gasteiger charge is 2.24. The number of hydrogen-bond donors (Lipinski definition) is 2. The molecule has 2 heterocycles. The van der Waals surface area contributed by atoms with E-state index < -0.39 is 5.97 Å². The summed E-state index contributed by atoms with van der Waals surface area (Å²) in [5.41, 5.74) is 0. The lowest BCUT2D eigenvalue weighted by Crippen LogP contribution is -2.41. The summed E-state index contributed by atoms with van der Waals surface area (Å²) < 4.78 is 1.48. The van der Waals surface area contributed by atoms with E-state index in [1.807, 2.05) is 0 Å². The molecule has 8 nitrogen and oxygen atoms in total. The molecule has 1 aromatic heterocycles. The van der Waals surface area contributed by atoms with Gasteiger partial charge in [0.1, 0.15) is 6.33 Å². The van der Waals surface area contributed by atoms with Crippen LogP contribution in [-0.2, 0) is 11.8 Å². The van der Waals surface area contributed by atoms with Crippen molar-refractivity contribution in [3.63, 3.8) is 0 Å². The van der Waals surface area contributed by atoms with Gasteiger partial charge in [0.05, 0.1) is 0 Å². The predicted molar refractivity (Wildman–Crippen MR) is 66.6 cm³/mol. The van der Waals surface area contributed by atoms with Crippen LogP contribution >= 0.6 is 0 Å². The fourth-order valence-electron chi connectivity index (χ4n) is 2.17. The van der Waals surface area contributed by atoms with Gasteiger partial charge in [-0.1, -0.05) is 0 Å². The molecule has 1 aliphatic rings. The van der Waals surface area contributed by atoms with E-state index in [1.165, 1.54) is 11.0 Å². The minimum atomic E-state index is -0.776. The summed E-state index contributed by atoms with van der Waals surface area (Å²) in [5, 5.41) is 15.3. The third-order valence-corrected chi connectivity index (χ3v) is 3.30. The summed E-state index contributed by atoms with van der Waals surface area (Å²) in [6, 6.07) is -0.218. The third kappa shape index (κ3) is 3.43. The second-order valence-corrected chi connectivity index (χ2v) is 4.67. The predicted octanol–water partition coefficient (Wildman–Crippen LogP) is 0.534. The highest BCUT2D eigenvalue weighted by molar-refractivity contribution is 5.87. The number of nitrogens with zero attached hydrogens (tertiary/aromatic N) is 4. The van der Waals surface area contributed by atoms with Crippen LogP contribution in [0.2, 0.25) is 0 Å². The van der Waals surface area contributed by atoms with Crippen LogP contribution in [0.1, 0.15) is 19.3 Å². The Hall–Kier alpha value is -2.12. The number of rotatable bonds is 3. The molecule has 2 N–H and O–H groups in total. The molecule has 104 valence electrons. The van der Waals surface area contributed by atoms with Gasteiger partial charge in [0.15, 0.2) is 0 Å². The van der Waals surface area contributed by atoms with E-state index in [9.17, 15) is 9.59 Å². The molecule has 1 fully saturated rings. The molecule has 0 aliphatic carbocycles. The van der Waals surface area contributed by atoms with Crippen LogP contribution in [0.5, 0.6) is 0 Å². The molecule has 2 amide bonds. The van der Waals surface area contributed by atoms with Crippen LogP contribution in [0.25, 0.3) is 0 Å². The molecule has 0 radical (unpaired) electrons. The smallest absolute Gasteiger partial charge is 0.324 e. The Labute approximate surface area is 110 Å². The number of carboxylic acid groups (broad SMARTS) is 1. The zero-order valence-corrected chi connectivity index (χ0v) is 10.7. The maximum Gasteiger partial charge on any atom is 0.324 e. The average Bonchev–Trinajstić information content (AvgIpc) is 2.75. The first-order chi connectivity index (χ1) is 9.06. The number of amides is 2. The van der Waals surface area contributed by atoms with Crippen molar-refractivity contribution in [3.05, 3.63) is 6.33 Å². The number of anilines is 1. The van der Waals surface area contributed by atoms with Crippen LogP contribution in [0.15, 0.2) is 6.33 Å². The number of carbonyl (C=O) groups excluding carboxylic acids is 1. The molecule has 8 heteroatoms. The van der Waals surface area contributed by atoms with E-state index >= 15 is 0 Å². The van der Waals surface area contributed by atoms with Gasteiger partial charge in [-0.3, -0.25) is 10.1 Å². The first-order valence-corrected chi connectivity index (χ1v) is 6.18. The lowest BCUT2D eigenvalue weighted by atomic mass is 9.94. The van der Waals surface area contributed by atoms with Crippen molar-refractivity contribution in [3.8, 4) is 0 Å².